The molecule has 3 aliphatic rings. The molecule has 0 aliphatic carbocycles. The lowest BCUT2D eigenvalue weighted by molar-refractivity contribution is -0.159. The van der Waals surface area contributed by atoms with Gasteiger partial charge in [-0.15, -0.1) is 0 Å². The topological polar surface area (TPSA) is 112 Å². The zero-order chi connectivity index (χ0) is 22.7. The zero-order valence-electron chi connectivity index (χ0n) is 17.2. The van der Waals surface area contributed by atoms with Gasteiger partial charge in [0.1, 0.15) is 17.5 Å². The van der Waals surface area contributed by atoms with Gasteiger partial charge in [-0.2, -0.15) is 0 Å². The third-order valence-electron chi connectivity index (χ3n) is 5.54. The second-order valence-electron chi connectivity index (χ2n) is 7.72. The van der Waals surface area contributed by atoms with E-state index in [1.807, 2.05) is 35.4 Å². The van der Waals surface area contributed by atoms with E-state index in [2.05, 4.69) is 22.3 Å². The van der Waals surface area contributed by atoms with E-state index >= 15 is 0 Å². The molecule has 0 amide bonds. The van der Waals surface area contributed by atoms with E-state index in [0.717, 1.165) is 56.3 Å². The molecule has 0 aromatic heterocycles. The number of anilines is 1. The van der Waals surface area contributed by atoms with Crippen LogP contribution in [0, 0.1) is 0 Å². The molecule has 5 rings (SSSR count). The van der Waals surface area contributed by atoms with Crippen molar-refractivity contribution in [2.24, 2.45) is 0 Å². The van der Waals surface area contributed by atoms with Crippen LogP contribution in [0.15, 0.2) is 42.5 Å². The third-order valence-corrected chi connectivity index (χ3v) is 5.78. The number of hydrogen-bond acceptors (Lipinski definition) is 7. The predicted molar refractivity (Wildman–Crippen MR) is 117 cm³/mol. The van der Waals surface area contributed by atoms with Crippen LogP contribution in [0.5, 0.6) is 11.5 Å². The minimum absolute atomic E-state index is 0.138. The Labute approximate surface area is 190 Å². The smallest absolute Gasteiger partial charge is 0.414 e. The van der Waals surface area contributed by atoms with Crippen LogP contribution in [0.1, 0.15) is 18.0 Å². The lowest BCUT2D eigenvalue weighted by Gasteiger charge is -2.29. The van der Waals surface area contributed by atoms with Crippen molar-refractivity contribution in [2.75, 3.05) is 37.8 Å². The van der Waals surface area contributed by atoms with E-state index in [1.54, 1.807) is 0 Å². The number of carboxylic acids is 2. The van der Waals surface area contributed by atoms with Crippen molar-refractivity contribution in [3.05, 3.63) is 53.1 Å². The Morgan fingerprint density at radius 2 is 1.78 bits per heavy atom. The molecule has 3 heterocycles. The van der Waals surface area contributed by atoms with Gasteiger partial charge in [-0.3, -0.25) is 9.74 Å². The second-order valence-corrected chi connectivity index (χ2v) is 8.15. The van der Waals surface area contributed by atoms with Crippen molar-refractivity contribution >= 4 is 29.2 Å². The first-order valence-corrected chi connectivity index (χ1v) is 10.7. The van der Waals surface area contributed by atoms with Gasteiger partial charge in [0.15, 0.2) is 5.75 Å². The minimum Gasteiger partial charge on any atom is -0.473 e. The lowest BCUT2D eigenvalue weighted by atomic mass is 10.00. The number of carbonyl (C=O) groups is 2. The van der Waals surface area contributed by atoms with E-state index in [1.165, 1.54) is 5.56 Å². The summed E-state index contributed by atoms with van der Waals surface area (Å²) in [7, 11) is 0. The van der Waals surface area contributed by atoms with Gasteiger partial charge in [0.05, 0.1) is 6.04 Å². The fourth-order valence-corrected chi connectivity index (χ4v) is 4.27. The van der Waals surface area contributed by atoms with Gasteiger partial charge in [-0.25, -0.2) is 14.7 Å². The number of ether oxygens (including phenoxy) is 1. The summed E-state index contributed by atoms with van der Waals surface area (Å²) in [5.41, 5.74) is 2.07. The molecule has 2 fully saturated rings. The molecule has 170 valence electrons. The first kappa shape index (κ1) is 22.3. The van der Waals surface area contributed by atoms with Crippen LogP contribution in [0.2, 0.25) is 5.02 Å². The van der Waals surface area contributed by atoms with Crippen LogP contribution in [-0.2, 0) is 14.4 Å². The Hall–Kier alpha value is -2.85. The molecular weight excluding hydrogens is 438 g/mol. The Balaban J connectivity index is 0.000000363. The number of carboxylic acid groups (broad SMARTS) is 2. The van der Waals surface area contributed by atoms with E-state index in [-0.39, 0.29) is 12.1 Å². The minimum atomic E-state index is -1.82. The van der Waals surface area contributed by atoms with Crippen LogP contribution in [0.3, 0.4) is 0 Å². The summed E-state index contributed by atoms with van der Waals surface area (Å²) in [6, 6.07) is 14.1. The van der Waals surface area contributed by atoms with E-state index < -0.39 is 11.9 Å². The molecule has 3 aliphatic heterocycles. The van der Waals surface area contributed by atoms with Crippen LogP contribution in [0.4, 0.5) is 5.69 Å². The third kappa shape index (κ3) is 4.97. The molecule has 3 N–H and O–H groups in total. The van der Waals surface area contributed by atoms with Gasteiger partial charge in [-0.1, -0.05) is 29.8 Å². The lowest BCUT2D eigenvalue weighted by Crippen LogP contribution is -2.46. The Bertz CT molecular complexity index is 985. The molecule has 0 bridgehead atoms. The van der Waals surface area contributed by atoms with Crippen molar-refractivity contribution in [1.29, 1.82) is 0 Å². The Kier molecular flexibility index (Phi) is 6.80. The highest BCUT2D eigenvalue weighted by Gasteiger charge is 2.40. The first-order valence-electron chi connectivity index (χ1n) is 10.3. The summed E-state index contributed by atoms with van der Waals surface area (Å²) in [6.45, 7) is 5.21. The Morgan fingerprint density at radius 3 is 2.50 bits per heavy atom. The average Bonchev–Trinajstić information content (AvgIpc) is 3.14. The number of benzene rings is 2. The number of hydrogen-bond donors (Lipinski definition) is 3. The molecular formula is C22H24ClN3O6. The largest absolute Gasteiger partial charge is 0.473 e. The van der Waals surface area contributed by atoms with Gasteiger partial charge in [0.25, 0.3) is 0 Å². The molecule has 9 nitrogen and oxygen atoms in total. The maximum absolute atomic E-state index is 9.10. The van der Waals surface area contributed by atoms with Crippen LogP contribution in [-0.4, -0.2) is 65.9 Å². The molecule has 10 heteroatoms. The first-order chi connectivity index (χ1) is 15.4. The number of para-hydroxylation sites is 1. The van der Waals surface area contributed by atoms with Crippen molar-refractivity contribution in [3.8, 4) is 11.5 Å². The monoisotopic (exact) mass is 461 g/mol. The quantitative estimate of drug-likeness (QED) is 0.581. The average molecular weight is 462 g/mol. The highest BCUT2D eigenvalue weighted by Crippen LogP contribution is 2.49. The summed E-state index contributed by atoms with van der Waals surface area (Å²) in [4.78, 5) is 27.1. The predicted octanol–water partition coefficient (Wildman–Crippen LogP) is 2.76. The number of piperazine rings is 1. The number of hydroxylamine groups is 1. The van der Waals surface area contributed by atoms with Gasteiger partial charge < -0.3 is 20.3 Å². The number of nitrogens with zero attached hydrogens (tertiary/aromatic N) is 2. The number of fused-ring (bicyclic) bond motifs is 5. The summed E-state index contributed by atoms with van der Waals surface area (Å²) < 4.78 is 6.18. The molecule has 32 heavy (non-hydrogen) atoms. The van der Waals surface area contributed by atoms with Crippen LogP contribution in [0.25, 0.3) is 0 Å². The van der Waals surface area contributed by atoms with Gasteiger partial charge in [-0.05, 0) is 24.3 Å². The molecule has 2 atom stereocenters. The molecule has 2 saturated heterocycles. The fraction of sp³-hybridized carbons (Fsp3) is 0.364. The van der Waals surface area contributed by atoms with Gasteiger partial charge in [0, 0.05) is 49.7 Å². The molecule has 0 spiro atoms. The highest BCUT2D eigenvalue weighted by atomic mass is 35.5. The van der Waals surface area contributed by atoms with Crippen molar-refractivity contribution < 1.29 is 29.4 Å². The summed E-state index contributed by atoms with van der Waals surface area (Å²) in [5, 5.41) is 20.9. The fourth-order valence-electron chi connectivity index (χ4n) is 4.11. The standard InChI is InChI=1S/C20H22ClN3O2.C2H2O4/c21-14-5-6-20-18(11-14)24-17(16-3-1-2-4-19(16)25-20)12-15(26-24)13-23-9-7-22-8-10-23;3-1(4)2(5)6/h1-6,11,15,17,22H,7-10,12-13H2;(H,3,4)(H,5,6)/t15-,17-;/m0./s1. The Morgan fingerprint density at radius 1 is 1.06 bits per heavy atom. The number of halogens is 1. The van der Waals surface area contributed by atoms with Crippen molar-refractivity contribution in [2.45, 2.75) is 18.6 Å². The van der Waals surface area contributed by atoms with Crippen LogP contribution < -0.4 is 15.1 Å². The maximum atomic E-state index is 9.10. The SMILES string of the molecule is Clc1ccc2c(c1)N1O[C@H](CN3CCNCC3)C[C@H]1c1ccccc1O2.O=C(O)C(=O)O. The van der Waals surface area contributed by atoms with E-state index in [0.29, 0.717) is 5.02 Å². The summed E-state index contributed by atoms with van der Waals surface area (Å²) in [6.07, 6.45) is 1.10. The number of nitrogens with one attached hydrogen (secondary N) is 1. The molecule has 0 unspecified atom stereocenters. The van der Waals surface area contributed by atoms with E-state index in [4.69, 9.17) is 41.0 Å². The van der Waals surface area contributed by atoms with Crippen molar-refractivity contribution in [1.82, 2.24) is 10.2 Å². The zero-order valence-corrected chi connectivity index (χ0v) is 18.0. The second kappa shape index (κ2) is 9.74. The van der Waals surface area contributed by atoms with E-state index in [9.17, 15) is 0 Å². The highest BCUT2D eigenvalue weighted by molar-refractivity contribution is 6.31. The van der Waals surface area contributed by atoms with Crippen LogP contribution >= 0.6 is 11.6 Å². The molecule has 2 aromatic rings. The normalized spacial score (nSPS) is 21.7. The van der Waals surface area contributed by atoms with Gasteiger partial charge in [0.2, 0.25) is 0 Å². The molecule has 0 radical (unpaired) electrons. The van der Waals surface area contributed by atoms with Crippen molar-refractivity contribution in [3.63, 3.8) is 0 Å². The summed E-state index contributed by atoms with van der Waals surface area (Å²) in [5.74, 6) is -1.97. The summed E-state index contributed by atoms with van der Waals surface area (Å²) >= 11 is 6.27. The number of rotatable bonds is 2. The number of aliphatic carboxylic acids is 2. The maximum Gasteiger partial charge on any atom is 0.414 e. The van der Waals surface area contributed by atoms with Gasteiger partial charge >= 0.3 is 11.9 Å². The molecule has 2 aromatic carbocycles. The molecule has 0 saturated carbocycles.